The van der Waals surface area contributed by atoms with E-state index >= 15 is 0 Å². The lowest BCUT2D eigenvalue weighted by atomic mass is 10.1. The number of sulfonamides is 1. The fraction of sp³-hybridized carbons (Fsp3) is 0.364. The molecule has 0 spiro atoms. The number of anilines is 1. The van der Waals surface area contributed by atoms with Crippen LogP contribution in [-0.4, -0.2) is 36.7 Å². The minimum atomic E-state index is -3.69. The van der Waals surface area contributed by atoms with Gasteiger partial charge in [0.1, 0.15) is 0 Å². The van der Waals surface area contributed by atoms with Crippen molar-refractivity contribution in [3.8, 4) is 5.75 Å². The number of hydrogen-bond acceptors (Lipinski definition) is 6. The van der Waals surface area contributed by atoms with E-state index in [0.717, 1.165) is 12.1 Å². The van der Waals surface area contributed by atoms with Gasteiger partial charge in [0.05, 0.1) is 16.4 Å². The second-order valence-corrected chi connectivity index (χ2v) is 6.49. The van der Waals surface area contributed by atoms with E-state index in [1.165, 1.54) is 11.0 Å². The zero-order chi connectivity index (χ0) is 15.8. The van der Waals surface area contributed by atoms with Crippen LogP contribution in [-0.2, 0) is 14.8 Å². The van der Waals surface area contributed by atoms with Gasteiger partial charge in [-0.05, 0) is 12.1 Å². The number of primary sulfonamides is 1. The number of rotatable bonds is 4. The number of hydrogen-bond donors (Lipinski definition) is 2. The molecule has 1 atom stereocenters. The average molecular weight is 315 g/mol. The van der Waals surface area contributed by atoms with Gasteiger partial charge < -0.3 is 10.0 Å². The first kappa shape index (κ1) is 15.2. The second kappa shape index (κ2) is 5.30. The number of phenols is 1. The minimum Gasteiger partial charge on any atom is -0.502 e. The highest BCUT2D eigenvalue weighted by atomic mass is 32.2. The monoisotopic (exact) mass is 315 g/mol. The highest BCUT2D eigenvalue weighted by molar-refractivity contribution is 7.89. The molecule has 1 aliphatic heterocycles. The topological polar surface area (TPSA) is 144 Å². The number of amides is 1. The largest absolute Gasteiger partial charge is 0.502 e. The van der Waals surface area contributed by atoms with Crippen LogP contribution in [0.3, 0.4) is 0 Å². The van der Waals surface area contributed by atoms with Crippen LogP contribution in [0.2, 0.25) is 0 Å². The molecule has 1 aromatic carbocycles. The molecule has 10 heteroatoms. The molecule has 1 aliphatic rings. The molecule has 2 rings (SSSR count). The quantitative estimate of drug-likeness (QED) is 0.588. The molecule has 0 saturated carbocycles. The van der Waals surface area contributed by atoms with E-state index in [0.29, 0.717) is 0 Å². The van der Waals surface area contributed by atoms with Crippen molar-refractivity contribution in [1.82, 2.24) is 0 Å². The fourth-order valence-electron chi connectivity index (χ4n) is 2.30. The smallest absolute Gasteiger partial charge is 0.312 e. The number of benzene rings is 1. The summed E-state index contributed by atoms with van der Waals surface area (Å²) in [5.74, 6) is -1.63. The van der Waals surface area contributed by atoms with Crippen LogP contribution < -0.4 is 10.0 Å². The molecule has 1 unspecified atom stereocenters. The maximum absolute atomic E-state index is 11.9. The van der Waals surface area contributed by atoms with Crippen molar-refractivity contribution in [2.45, 2.75) is 6.42 Å². The summed E-state index contributed by atoms with van der Waals surface area (Å²) in [5.41, 5.74) is -0.281. The molecular formula is C11H13N3O6S. The third-order valence-electron chi connectivity index (χ3n) is 3.14. The lowest BCUT2D eigenvalue weighted by molar-refractivity contribution is -0.385. The van der Waals surface area contributed by atoms with Gasteiger partial charge in [-0.3, -0.25) is 14.9 Å². The molecule has 0 aromatic heterocycles. The summed E-state index contributed by atoms with van der Waals surface area (Å²) in [6.07, 6.45) is 0.00506. The van der Waals surface area contributed by atoms with Gasteiger partial charge >= 0.3 is 5.69 Å². The van der Waals surface area contributed by atoms with Crippen LogP contribution in [0.5, 0.6) is 5.75 Å². The number of nitro groups is 1. The van der Waals surface area contributed by atoms with E-state index < -0.39 is 32.3 Å². The summed E-state index contributed by atoms with van der Waals surface area (Å²) in [6.45, 7) is 0.108. The maximum atomic E-state index is 11.9. The number of carbonyl (C=O) groups excluding carboxylic acids is 1. The summed E-state index contributed by atoms with van der Waals surface area (Å²) >= 11 is 0. The lowest BCUT2D eigenvalue weighted by Gasteiger charge is -2.16. The first-order chi connectivity index (χ1) is 9.67. The third kappa shape index (κ3) is 3.47. The summed E-state index contributed by atoms with van der Waals surface area (Å²) < 4.78 is 22.1. The van der Waals surface area contributed by atoms with Gasteiger partial charge in [-0.15, -0.1) is 0 Å². The highest BCUT2D eigenvalue weighted by Crippen LogP contribution is 2.33. The Morgan fingerprint density at radius 1 is 1.48 bits per heavy atom. The van der Waals surface area contributed by atoms with Gasteiger partial charge in [0.25, 0.3) is 0 Å². The molecular weight excluding hydrogens is 302 g/mol. The Labute approximate surface area is 120 Å². The summed E-state index contributed by atoms with van der Waals surface area (Å²) in [5, 5.41) is 25.1. The van der Waals surface area contributed by atoms with Crippen molar-refractivity contribution in [2.75, 3.05) is 17.2 Å². The van der Waals surface area contributed by atoms with E-state index in [9.17, 15) is 28.4 Å². The van der Waals surface area contributed by atoms with E-state index in [4.69, 9.17) is 5.14 Å². The van der Waals surface area contributed by atoms with E-state index in [2.05, 4.69) is 0 Å². The van der Waals surface area contributed by atoms with Gasteiger partial charge in [-0.25, -0.2) is 13.6 Å². The highest BCUT2D eigenvalue weighted by Gasteiger charge is 2.33. The summed E-state index contributed by atoms with van der Waals surface area (Å²) in [6, 6.07) is 3.56. The number of phenolic OH excluding ortho intramolecular Hbond substituents is 1. The van der Waals surface area contributed by atoms with Gasteiger partial charge in [-0.1, -0.05) is 0 Å². The number of aromatic hydroxyl groups is 1. The summed E-state index contributed by atoms with van der Waals surface area (Å²) in [4.78, 5) is 23.2. The standard InChI is InChI=1S/C11H13N3O6S/c12-21(19,20)6-7-3-11(16)13(5-7)8-1-2-10(15)9(4-8)14(17)18/h1-2,4,7,15H,3,5-6H2,(H2,12,19,20). The fourth-order valence-corrected chi connectivity index (χ4v) is 3.18. The Bertz CT molecular complexity index is 702. The van der Waals surface area contributed by atoms with Gasteiger partial charge in [0, 0.05) is 24.9 Å². The Balaban J connectivity index is 2.25. The Kier molecular flexibility index (Phi) is 3.83. The zero-order valence-electron chi connectivity index (χ0n) is 10.8. The van der Waals surface area contributed by atoms with Crippen molar-refractivity contribution in [1.29, 1.82) is 0 Å². The van der Waals surface area contributed by atoms with Crippen LogP contribution in [0.1, 0.15) is 6.42 Å². The minimum absolute atomic E-state index is 0.00506. The molecule has 114 valence electrons. The molecule has 3 N–H and O–H groups in total. The predicted molar refractivity (Wildman–Crippen MR) is 73.2 cm³/mol. The van der Waals surface area contributed by atoms with Crippen molar-refractivity contribution < 1.29 is 23.2 Å². The zero-order valence-corrected chi connectivity index (χ0v) is 11.6. The summed E-state index contributed by atoms with van der Waals surface area (Å²) in [7, 11) is -3.69. The van der Waals surface area contributed by atoms with Crippen LogP contribution >= 0.6 is 0 Å². The second-order valence-electron chi connectivity index (χ2n) is 4.83. The Morgan fingerprint density at radius 3 is 2.71 bits per heavy atom. The number of nitro benzene ring substituents is 1. The van der Waals surface area contributed by atoms with Crippen molar-refractivity contribution in [3.05, 3.63) is 28.3 Å². The molecule has 1 amide bonds. The number of carbonyl (C=O) groups is 1. The van der Waals surface area contributed by atoms with Crippen LogP contribution in [0.15, 0.2) is 18.2 Å². The molecule has 0 aliphatic carbocycles. The first-order valence-corrected chi connectivity index (χ1v) is 7.67. The maximum Gasteiger partial charge on any atom is 0.312 e. The molecule has 1 heterocycles. The molecule has 0 radical (unpaired) electrons. The normalized spacial score (nSPS) is 19.0. The van der Waals surface area contributed by atoms with E-state index in [1.807, 2.05) is 0 Å². The Hall–Kier alpha value is -2.20. The SMILES string of the molecule is NS(=O)(=O)CC1CC(=O)N(c2ccc(O)c([N+](=O)[O-])c2)C1. The van der Waals surface area contributed by atoms with E-state index in [1.54, 1.807) is 0 Å². The Morgan fingerprint density at radius 2 is 2.14 bits per heavy atom. The van der Waals surface area contributed by atoms with Gasteiger partial charge in [-0.2, -0.15) is 0 Å². The van der Waals surface area contributed by atoms with Crippen LogP contribution in [0, 0.1) is 16.0 Å². The number of nitrogens with two attached hydrogens (primary N) is 1. The van der Waals surface area contributed by atoms with Crippen molar-refractivity contribution >= 4 is 27.3 Å². The van der Waals surface area contributed by atoms with E-state index in [-0.39, 0.29) is 30.3 Å². The molecule has 1 aromatic rings. The predicted octanol–water partition coefficient (Wildman–Crippen LogP) is -0.0582. The number of nitrogens with zero attached hydrogens (tertiary/aromatic N) is 2. The molecule has 1 fully saturated rings. The van der Waals surface area contributed by atoms with Crippen molar-refractivity contribution in [3.63, 3.8) is 0 Å². The first-order valence-electron chi connectivity index (χ1n) is 5.95. The van der Waals surface area contributed by atoms with Crippen molar-refractivity contribution in [2.24, 2.45) is 11.1 Å². The van der Waals surface area contributed by atoms with Gasteiger partial charge in [0.2, 0.25) is 15.9 Å². The lowest BCUT2D eigenvalue weighted by Crippen LogP contribution is -2.27. The third-order valence-corrected chi connectivity index (χ3v) is 4.08. The molecule has 9 nitrogen and oxygen atoms in total. The van der Waals surface area contributed by atoms with Crippen LogP contribution in [0.25, 0.3) is 0 Å². The van der Waals surface area contributed by atoms with Crippen LogP contribution in [0.4, 0.5) is 11.4 Å². The molecule has 0 bridgehead atoms. The average Bonchev–Trinajstić information content (AvgIpc) is 2.68. The molecule has 1 saturated heterocycles. The molecule has 21 heavy (non-hydrogen) atoms. The van der Waals surface area contributed by atoms with Gasteiger partial charge in [0.15, 0.2) is 5.75 Å².